The third-order valence-electron chi connectivity index (χ3n) is 5.38. The number of benzene rings is 1. The Hall–Kier alpha value is -2.45. The molecule has 1 amide bonds. The number of sulfonamides is 1. The van der Waals surface area contributed by atoms with Crippen LogP contribution in [0.3, 0.4) is 0 Å². The van der Waals surface area contributed by atoms with Gasteiger partial charge in [0.25, 0.3) is 5.91 Å². The molecule has 0 unspecified atom stereocenters. The van der Waals surface area contributed by atoms with E-state index >= 15 is 0 Å². The van der Waals surface area contributed by atoms with Gasteiger partial charge in [0.05, 0.1) is 16.3 Å². The minimum atomic E-state index is -3.63. The van der Waals surface area contributed by atoms with Gasteiger partial charge in [-0.2, -0.15) is 4.31 Å². The SMILES string of the molecule is CCN(CC)S(=O)(=O)c1ccc(N2CCCCC2)c(NC(=O)c2cccc(C)n2)c1. The van der Waals surface area contributed by atoms with E-state index in [1.165, 1.54) is 10.7 Å². The molecule has 30 heavy (non-hydrogen) atoms. The zero-order chi connectivity index (χ0) is 21.7. The van der Waals surface area contributed by atoms with Gasteiger partial charge in [-0.05, 0) is 56.5 Å². The van der Waals surface area contributed by atoms with Crippen molar-refractivity contribution in [3.05, 3.63) is 47.8 Å². The summed E-state index contributed by atoms with van der Waals surface area (Å²) in [5.74, 6) is -0.352. The summed E-state index contributed by atoms with van der Waals surface area (Å²) in [5.41, 5.74) is 2.39. The molecule has 7 nitrogen and oxygen atoms in total. The first-order chi connectivity index (χ1) is 14.4. The Morgan fingerprint density at radius 3 is 2.43 bits per heavy atom. The highest BCUT2D eigenvalue weighted by atomic mass is 32.2. The van der Waals surface area contributed by atoms with Crippen molar-refractivity contribution in [1.82, 2.24) is 9.29 Å². The first kappa shape index (κ1) is 22.2. The van der Waals surface area contributed by atoms with Gasteiger partial charge in [-0.25, -0.2) is 13.4 Å². The Morgan fingerprint density at radius 1 is 1.10 bits per heavy atom. The Kier molecular flexibility index (Phi) is 7.10. The highest BCUT2D eigenvalue weighted by Crippen LogP contribution is 2.32. The lowest BCUT2D eigenvalue weighted by molar-refractivity contribution is 0.102. The second kappa shape index (κ2) is 9.57. The monoisotopic (exact) mass is 430 g/mol. The number of aryl methyl sites for hydroxylation is 1. The predicted molar refractivity (Wildman–Crippen MR) is 120 cm³/mol. The number of hydrogen-bond acceptors (Lipinski definition) is 5. The summed E-state index contributed by atoms with van der Waals surface area (Å²) in [5, 5.41) is 2.91. The van der Waals surface area contributed by atoms with Gasteiger partial charge in [0.1, 0.15) is 5.69 Å². The van der Waals surface area contributed by atoms with Gasteiger partial charge < -0.3 is 10.2 Å². The second-order valence-corrected chi connectivity index (χ2v) is 9.37. The lowest BCUT2D eigenvalue weighted by Crippen LogP contribution is -2.32. The number of nitrogens with zero attached hydrogens (tertiary/aromatic N) is 3. The molecule has 1 aliphatic heterocycles. The molecular weight excluding hydrogens is 400 g/mol. The van der Waals surface area contributed by atoms with E-state index in [2.05, 4.69) is 15.2 Å². The van der Waals surface area contributed by atoms with Crippen molar-refractivity contribution in [2.45, 2.75) is 44.9 Å². The lowest BCUT2D eigenvalue weighted by Gasteiger charge is -2.31. The molecule has 1 aliphatic rings. The van der Waals surface area contributed by atoms with Crippen molar-refractivity contribution in [3.63, 3.8) is 0 Å². The number of piperidine rings is 1. The molecule has 0 saturated carbocycles. The van der Waals surface area contributed by atoms with Crippen LogP contribution in [0.1, 0.15) is 49.3 Å². The maximum Gasteiger partial charge on any atom is 0.274 e. The third kappa shape index (κ3) is 4.82. The minimum absolute atomic E-state index is 0.180. The Labute approximate surface area is 179 Å². The molecule has 0 radical (unpaired) electrons. The van der Waals surface area contributed by atoms with E-state index in [0.29, 0.717) is 24.5 Å². The van der Waals surface area contributed by atoms with Gasteiger partial charge in [-0.15, -0.1) is 0 Å². The van der Waals surface area contributed by atoms with Crippen molar-refractivity contribution in [2.24, 2.45) is 0 Å². The average Bonchev–Trinajstić information content (AvgIpc) is 2.75. The number of pyridine rings is 1. The molecule has 0 spiro atoms. The Morgan fingerprint density at radius 2 is 1.80 bits per heavy atom. The molecule has 162 valence electrons. The number of aromatic nitrogens is 1. The van der Waals surface area contributed by atoms with E-state index in [-0.39, 0.29) is 10.8 Å². The Bertz CT molecular complexity index is 997. The van der Waals surface area contributed by atoms with E-state index in [1.54, 1.807) is 30.3 Å². The van der Waals surface area contributed by atoms with Crippen molar-refractivity contribution in [2.75, 3.05) is 36.4 Å². The lowest BCUT2D eigenvalue weighted by atomic mass is 10.1. The molecule has 1 fully saturated rings. The molecule has 1 N–H and O–H groups in total. The van der Waals surface area contributed by atoms with Crippen LogP contribution in [0.2, 0.25) is 0 Å². The highest BCUT2D eigenvalue weighted by Gasteiger charge is 2.25. The van der Waals surface area contributed by atoms with Gasteiger partial charge in [0, 0.05) is 31.9 Å². The Balaban J connectivity index is 2.01. The van der Waals surface area contributed by atoms with Crippen molar-refractivity contribution >= 4 is 27.3 Å². The van der Waals surface area contributed by atoms with Crippen molar-refractivity contribution < 1.29 is 13.2 Å². The summed E-state index contributed by atoms with van der Waals surface area (Å²) >= 11 is 0. The maximum atomic E-state index is 13.0. The van der Waals surface area contributed by atoms with E-state index in [9.17, 15) is 13.2 Å². The predicted octanol–water partition coefficient (Wildman–Crippen LogP) is 3.66. The van der Waals surface area contributed by atoms with E-state index in [4.69, 9.17) is 0 Å². The normalized spacial score (nSPS) is 14.7. The fourth-order valence-electron chi connectivity index (χ4n) is 3.75. The molecule has 1 aromatic carbocycles. The summed E-state index contributed by atoms with van der Waals surface area (Å²) in [6, 6.07) is 10.3. The fourth-order valence-corrected chi connectivity index (χ4v) is 5.24. The standard InChI is InChI=1S/C22H30N4O3S/c1-4-26(5-2)30(28,29)18-12-13-21(25-14-7-6-8-15-25)20(16-18)24-22(27)19-11-9-10-17(3)23-19/h9-13,16H,4-8,14-15H2,1-3H3,(H,24,27). The molecule has 1 saturated heterocycles. The summed E-state index contributed by atoms with van der Waals surface area (Å²) in [6.07, 6.45) is 3.33. The van der Waals surface area contributed by atoms with Gasteiger partial charge in [0.15, 0.2) is 0 Å². The van der Waals surface area contributed by atoms with Crippen LogP contribution in [0.25, 0.3) is 0 Å². The largest absolute Gasteiger partial charge is 0.370 e. The molecule has 2 aromatic rings. The third-order valence-corrected chi connectivity index (χ3v) is 7.42. The number of anilines is 2. The van der Waals surface area contributed by atoms with Crippen LogP contribution in [0.15, 0.2) is 41.3 Å². The quantitative estimate of drug-likeness (QED) is 0.725. The van der Waals surface area contributed by atoms with Crippen LogP contribution >= 0.6 is 0 Å². The molecule has 2 heterocycles. The molecular formula is C22H30N4O3S. The second-order valence-electron chi connectivity index (χ2n) is 7.43. The number of carbonyl (C=O) groups excluding carboxylic acids is 1. The highest BCUT2D eigenvalue weighted by molar-refractivity contribution is 7.89. The van der Waals surface area contributed by atoms with E-state index < -0.39 is 10.0 Å². The first-order valence-electron chi connectivity index (χ1n) is 10.5. The van der Waals surface area contributed by atoms with Crippen LogP contribution in [0, 0.1) is 6.92 Å². The van der Waals surface area contributed by atoms with Crippen LogP contribution in [0.4, 0.5) is 11.4 Å². The molecule has 8 heteroatoms. The molecule has 0 aliphatic carbocycles. The van der Waals surface area contributed by atoms with Crippen LogP contribution in [0.5, 0.6) is 0 Å². The molecule has 0 atom stereocenters. The smallest absolute Gasteiger partial charge is 0.274 e. The number of amides is 1. The molecule has 3 rings (SSSR count). The van der Waals surface area contributed by atoms with Crippen LogP contribution in [-0.4, -0.2) is 49.8 Å². The summed E-state index contributed by atoms with van der Waals surface area (Å²) in [6.45, 7) is 8.00. The molecule has 0 bridgehead atoms. The summed E-state index contributed by atoms with van der Waals surface area (Å²) < 4.78 is 27.5. The minimum Gasteiger partial charge on any atom is -0.370 e. The summed E-state index contributed by atoms with van der Waals surface area (Å²) in [4.78, 5) is 19.5. The van der Waals surface area contributed by atoms with Crippen molar-refractivity contribution in [3.8, 4) is 0 Å². The van der Waals surface area contributed by atoms with Crippen LogP contribution in [-0.2, 0) is 10.0 Å². The van der Waals surface area contributed by atoms with Crippen molar-refractivity contribution in [1.29, 1.82) is 0 Å². The fraction of sp³-hybridized carbons (Fsp3) is 0.455. The number of hydrogen-bond donors (Lipinski definition) is 1. The van der Waals surface area contributed by atoms with E-state index in [0.717, 1.165) is 37.3 Å². The zero-order valence-corrected chi connectivity index (χ0v) is 18.7. The maximum absolute atomic E-state index is 13.0. The number of carbonyl (C=O) groups is 1. The van der Waals surface area contributed by atoms with Gasteiger partial charge in [-0.3, -0.25) is 4.79 Å². The van der Waals surface area contributed by atoms with Gasteiger partial charge in [-0.1, -0.05) is 19.9 Å². The van der Waals surface area contributed by atoms with Crippen LogP contribution < -0.4 is 10.2 Å². The van der Waals surface area contributed by atoms with E-state index in [1.807, 2.05) is 26.8 Å². The zero-order valence-electron chi connectivity index (χ0n) is 17.9. The summed E-state index contributed by atoms with van der Waals surface area (Å²) in [7, 11) is -3.63. The first-order valence-corrected chi connectivity index (χ1v) is 11.9. The number of rotatable bonds is 7. The van der Waals surface area contributed by atoms with Gasteiger partial charge >= 0.3 is 0 Å². The average molecular weight is 431 g/mol. The molecule has 1 aromatic heterocycles. The van der Waals surface area contributed by atoms with Gasteiger partial charge in [0.2, 0.25) is 10.0 Å². The topological polar surface area (TPSA) is 82.6 Å². The number of nitrogens with one attached hydrogen (secondary N) is 1.